The van der Waals surface area contributed by atoms with Crippen LogP contribution < -0.4 is 5.32 Å². The minimum atomic E-state index is -2.92. The molecule has 1 aromatic rings. The molecule has 4 heteroatoms. The van der Waals surface area contributed by atoms with Crippen LogP contribution in [0.25, 0.3) is 0 Å². The summed E-state index contributed by atoms with van der Waals surface area (Å²) in [6, 6.07) is 8.37. The molecule has 0 amide bonds. The van der Waals surface area contributed by atoms with E-state index in [1.54, 1.807) is 0 Å². The van der Waals surface area contributed by atoms with Gasteiger partial charge in [-0.1, -0.05) is 29.8 Å². The maximum Gasteiger partial charge on any atom is 0.147 e. The fourth-order valence-electron chi connectivity index (χ4n) is 2.01. The van der Waals surface area contributed by atoms with Crippen LogP contribution in [-0.4, -0.2) is 32.5 Å². The number of rotatable bonds is 6. The maximum absolute atomic E-state index is 11.4. The SMILES string of the molecule is Cc1ccc(C(CCS(C)(=O)=O)CNC(C)(C)C)cc1. The summed E-state index contributed by atoms with van der Waals surface area (Å²) in [5.74, 6) is 0.460. The minimum absolute atomic E-state index is 0.0358. The number of benzene rings is 1. The molecule has 0 spiro atoms. The molecule has 20 heavy (non-hydrogen) atoms. The van der Waals surface area contributed by atoms with Crippen molar-refractivity contribution in [3.8, 4) is 0 Å². The van der Waals surface area contributed by atoms with Gasteiger partial charge in [-0.15, -0.1) is 0 Å². The fraction of sp³-hybridized carbons (Fsp3) is 0.625. The van der Waals surface area contributed by atoms with E-state index >= 15 is 0 Å². The Labute approximate surface area is 123 Å². The van der Waals surface area contributed by atoms with E-state index in [-0.39, 0.29) is 17.2 Å². The van der Waals surface area contributed by atoms with Crippen LogP contribution >= 0.6 is 0 Å². The van der Waals surface area contributed by atoms with Crippen LogP contribution in [0.1, 0.15) is 44.2 Å². The highest BCUT2D eigenvalue weighted by molar-refractivity contribution is 7.90. The molecule has 0 bridgehead atoms. The van der Waals surface area contributed by atoms with Crippen molar-refractivity contribution in [3.63, 3.8) is 0 Å². The van der Waals surface area contributed by atoms with Gasteiger partial charge >= 0.3 is 0 Å². The lowest BCUT2D eigenvalue weighted by molar-refractivity contribution is 0.403. The first kappa shape index (κ1) is 17.2. The molecule has 0 aliphatic heterocycles. The molecular weight excluding hydrogens is 270 g/mol. The van der Waals surface area contributed by atoms with E-state index in [0.29, 0.717) is 6.42 Å². The summed E-state index contributed by atoms with van der Waals surface area (Å²) < 4.78 is 22.8. The molecule has 1 atom stereocenters. The summed E-state index contributed by atoms with van der Waals surface area (Å²) >= 11 is 0. The lowest BCUT2D eigenvalue weighted by Crippen LogP contribution is -2.38. The monoisotopic (exact) mass is 297 g/mol. The molecule has 1 aromatic carbocycles. The van der Waals surface area contributed by atoms with Gasteiger partial charge in [0.2, 0.25) is 0 Å². The Bertz CT molecular complexity index is 512. The number of hydrogen-bond acceptors (Lipinski definition) is 3. The third-order valence-electron chi connectivity index (χ3n) is 3.26. The predicted octanol–water partition coefficient (Wildman–Crippen LogP) is 2.90. The first-order valence-electron chi connectivity index (χ1n) is 7.06. The van der Waals surface area contributed by atoms with E-state index in [9.17, 15) is 8.42 Å². The highest BCUT2D eigenvalue weighted by Crippen LogP contribution is 2.21. The van der Waals surface area contributed by atoms with Crippen molar-refractivity contribution in [1.82, 2.24) is 5.32 Å². The molecule has 0 saturated carbocycles. The first-order chi connectivity index (χ1) is 9.07. The Morgan fingerprint density at radius 1 is 1.15 bits per heavy atom. The van der Waals surface area contributed by atoms with Gasteiger partial charge in [0.25, 0.3) is 0 Å². The average Bonchev–Trinajstić information content (AvgIpc) is 2.28. The summed E-state index contributed by atoms with van der Waals surface area (Å²) in [7, 11) is -2.92. The standard InChI is InChI=1S/C16H27NO2S/c1-13-6-8-14(9-7-13)15(10-11-20(5,18)19)12-17-16(2,3)4/h6-9,15,17H,10-12H2,1-5H3. The van der Waals surface area contributed by atoms with Gasteiger partial charge in [0, 0.05) is 18.3 Å². The quantitative estimate of drug-likeness (QED) is 0.878. The predicted molar refractivity (Wildman–Crippen MR) is 86.0 cm³/mol. The summed E-state index contributed by atoms with van der Waals surface area (Å²) in [5.41, 5.74) is 2.46. The molecule has 114 valence electrons. The van der Waals surface area contributed by atoms with Crippen molar-refractivity contribution in [2.75, 3.05) is 18.6 Å². The van der Waals surface area contributed by atoms with Gasteiger partial charge in [-0.05, 0) is 45.6 Å². The molecule has 0 aliphatic carbocycles. The van der Waals surface area contributed by atoms with Gasteiger partial charge in [0.15, 0.2) is 0 Å². The van der Waals surface area contributed by atoms with E-state index in [4.69, 9.17) is 0 Å². The normalized spacial score (nSPS) is 14.2. The van der Waals surface area contributed by atoms with Crippen molar-refractivity contribution in [1.29, 1.82) is 0 Å². The minimum Gasteiger partial charge on any atom is -0.311 e. The Kier molecular flexibility index (Phi) is 5.78. The van der Waals surface area contributed by atoms with Crippen LogP contribution in [0.5, 0.6) is 0 Å². The van der Waals surface area contributed by atoms with E-state index in [1.807, 2.05) is 0 Å². The second-order valence-electron chi connectivity index (χ2n) is 6.66. The van der Waals surface area contributed by atoms with Crippen molar-refractivity contribution in [3.05, 3.63) is 35.4 Å². The van der Waals surface area contributed by atoms with E-state index in [1.165, 1.54) is 17.4 Å². The topological polar surface area (TPSA) is 46.2 Å². The van der Waals surface area contributed by atoms with Crippen LogP contribution in [0.3, 0.4) is 0 Å². The highest BCUT2D eigenvalue weighted by atomic mass is 32.2. The number of aryl methyl sites for hydroxylation is 1. The highest BCUT2D eigenvalue weighted by Gasteiger charge is 2.17. The second kappa shape index (κ2) is 6.72. The number of nitrogens with one attached hydrogen (secondary N) is 1. The summed E-state index contributed by atoms with van der Waals surface area (Å²) in [6.45, 7) is 9.21. The van der Waals surface area contributed by atoms with Gasteiger partial charge in [0.1, 0.15) is 9.84 Å². The van der Waals surface area contributed by atoms with Gasteiger partial charge in [-0.2, -0.15) is 0 Å². The Hall–Kier alpha value is -0.870. The Morgan fingerprint density at radius 2 is 1.70 bits per heavy atom. The molecule has 1 N–H and O–H groups in total. The molecule has 1 unspecified atom stereocenters. The molecule has 1 rings (SSSR count). The van der Waals surface area contributed by atoms with Crippen LogP contribution in [0.4, 0.5) is 0 Å². The molecular formula is C16H27NO2S. The maximum atomic E-state index is 11.4. The van der Waals surface area contributed by atoms with E-state index < -0.39 is 9.84 Å². The largest absolute Gasteiger partial charge is 0.311 e. The Morgan fingerprint density at radius 3 is 2.15 bits per heavy atom. The fourth-order valence-corrected chi connectivity index (χ4v) is 2.72. The molecule has 3 nitrogen and oxygen atoms in total. The molecule has 0 radical (unpaired) electrons. The third kappa shape index (κ3) is 7.06. The average molecular weight is 297 g/mol. The van der Waals surface area contributed by atoms with E-state index in [2.05, 4.69) is 57.3 Å². The van der Waals surface area contributed by atoms with Gasteiger partial charge in [-0.3, -0.25) is 0 Å². The van der Waals surface area contributed by atoms with Crippen molar-refractivity contribution < 1.29 is 8.42 Å². The summed E-state index contributed by atoms with van der Waals surface area (Å²) in [5, 5.41) is 3.48. The lowest BCUT2D eigenvalue weighted by atomic mass is 9.94. The zero-order valence-corrected chi connectivity index (χ0v) is 14.0. The number of sulfone groups is 1. The smallest absolute Gasteiger partial charge is 0.147 e. The van der Waals surface area contributed by atoms with Crippen molar-refractivity contribution in [2.45, 2.75) is 45.6 Å². The molecule has 0 fully saturated rings. The van der Waals surface area contributed by atoms with E-state index in [0.717, 1.165) is 6.54 Å². The van der Waals surface area contributed by atoms with Crippen LogP contribution in [-0.2, 0) is 9.84 Å². The molecule has 0 saturated heterocycles. The first-order valence-corrected chi connectivity index (χ1v) is 9.12. The zero-order chi connectivity index (χ0) is 15.4. The van der Waals surface area contributed by atoms with Crippen LogP contribution in [0.15, 0.2) is 24.3 Å². The van der Waals surface area contributed by atoms with Gasteiger partial charge in [0.05, 0.1) is 5.75 Å². The molecule has 0 aliphatic rings. The van der Waals surface area contributed by atoms with Crippen molar-refractivity contribution >= 4 is 9.84 Å². The molecule has 0 heterocycles. The molecule has 0 aromatic heterocycles. The van der Waals surface area contributed by atoms with Crippen LogP contribution in [0.2, 0.25) is 0 Å². The van der Waals surface area contributed by atoms with Crippen molar-refractivity contribution in [2.24, 2.45) is 0 Å². The second-order valence-corrected chi connectivity index (χ2v) is 8.92. The lowest BCUT2D eigenvalue weighted by Gasteiger charge is -2.25. The Balaban J connectivity index is 2.80. The zero-order valence-electron chi connectivity index (χ0n) is 13.2. The van der Waals surface area contributed by atoms with Crippen LogP contribution in [0, 0.1) is 6.92 Å². The number of hydrogen-bond donors (Lipinski definition) is 1. The van der Waals surface area contributed by atoms with Gasteiger partial charge in [-0.25, -0.2) is 8.42 Å². The summed E-state index contributed by atoms with van der Waals surface area (Å²) in [4.78, 5) is 0. The van der Waals surface area contributed by atoms with Gasteiger partial charge < -0.3 is 5.32 Å². The third-order valence-corrected chi connectivity index (χ3v) is 4.24. The summed E-state index contributed by atoms with van der Waals surface area (Å²) in [6.07, 6.45) is 1.96.